The van der Waals surface area contributed by atoms with Crippen LogP contribution in [0.3, 0.4) is 0 Å². The average molecular weight is 767 g/mol. The molecule has 0 saturated carbocycles. The summed E-state index contributed by atoms with van der Waals surface area (Å²) < 4.78 is 40.2. The number of benzene rings is 1. The minimum Gasteiger partial charge on any atom is -0.379 e. The van der Waals surface area contributed by atoms with Gasteiger partial charge in [-0.15, -0.1) is 0 Å². The van der Waals surface area contributed by atoms with Gasteiger partial charge in [-0.25, -0.2) is 8.78 Å². The van der Waals surface area contributed by atoms with Crippen LogP contribution in [-0.2, 0) is 35.1 Å². The van der Waals surface area contributed by atoms with Gasteiger partial charge in [-0.2, -0.15) is 0 Å². The number of nitrogens with one attached hydrogen (secondary N) is 3. The third-order valence-corrected chi connectivity index (χ3v) is 11.1. The molecule has 0 aliphatic carbocycles. The fourth-order valence-corrected chi connectivity index (χ4v) is 7.88. The third-order valence-electron chi connectivity index (χ3n) is 11.1. The van der Waals surface area contributed by atoms with Gasteiger partial charge in [-0.3, -0.25) is 24.1 Å². The van der Waals surface area contributed by atoms with Crippen LogP contribution in [0.4, 0.5) is 8.78 Å². The Balaban J connectivity index is 2.30. The monoisotopic (exact) mass is 767 g/mol. The zero-order chi connectivity index (χ0) is 41.0. The second kappa shape index (κ2) is 21.8. The fourth-order valence-electron chi connectivity index (χ4n) is 7.88. The molecule has 308 valence electrons. The maximum Gasteiger partial charge on any atom is 0.245 e. The molecule has 1 heterocycles. The lowest BCUT2D eigenvalue weighted by Crippen LogP contribution is -2.59. The van der Waals surface area contributed by atoms with E-state index in [1.165, 1.54) is 32.4 Å². The molecule has 9 atom stereocenters. The van der Waals surface area contributed by atoms with Crippen molar-refractivity contribution in [3.63, 3.8) is 0 Å². The van der Waals surface area contributed by atoms with Gasteiger partial charge in [0, 0.05) is 46.0 Å². The van der Waals surface area contributed by atoms with Crippen molar-refractivity contribution in [2.45, 2.75) is 117 Å². The van der Waals surface area contributed by atoms with Gasteiger partial charge in [0.25, 0.3) is 0 Å². The molecule has 1 saturated heterocycles. The Morgan fingerprint density at radius 1 is 0.944 bits per heavy atom. The Morgan fingerprint density at radius 2 is 1.56 bits per heavy atom. The van der Waals surface area contributed by atoms with Gasteiger partial charge in [-0.1, -0.05) is 61.0 Å². The van der Waals surface area contributed by atoms with Gasteiger partial charge in [0.05, 0.1) is 42.7 Å². The number of nitrogens with zero attached hydrogens (tertiary/aromatic N) is 3. The number of hydrogen-bond donors (Lipinski definition) is 3. The van der Waals surface area contributed by atoms with E-state index in [0.29, 0.717) is 19.4 Å². The predicted molar refractivity (Wildman–Crippen MR) is 207 cm³/mol. The van der Waals surface area contributed by atoms with E-state index >= 15 is 0 Å². The molecule has 0 aromatic heterocycles. The molecule has 0 bridgehead atoms. The van der Waals surface area contributed by atoms with E-state index in [9.17, 15) is 28.0 Å². The standard InChI is InChI=1S/C40H68F2N6O6/c1-14-25(6)36(47(11)40(52)34(23(2)3)45-39(51)35(24(4)5)46(9)10)32(53-12)21-33(49)48-22-27(43-8)20-31(48)37(54-13)26(7)38(50)44-19-18-28-29(41)16-15-17-30(28)42/h15-17,23-27,31-32,34-37,43H,14,18-22H2,1-13H3,(H,44,50)(H,45,51)/t25?,26-,27+,31+,32-,34?,35+,36+,37-/m1/s1. The van der Waals surface area contributed by atoms with Gasteiger partial charge in [0.15, 0.2) is 0 Å². The predicted octanol–water partition coefficient (Wildman–Crippen LogP) is 3.47. The average Bonchev–Trinajstić information content (AvgIpc) is 3.55. The maximum atomic E-state index is 14.3. The van der Waals surface area contributed by atoms with Crippen LogP contribution in [0.2, 0.25) is 0 Å². The summed E-state index contributed by atoms with van der Waals surface area (Å²) in [4.78, 5) is 60.5. The third kappa shape index (κ3) is 11.9. The van der Waals surface area contributed by atoms with E-state index in [1.807, 2.05) is 67.6 Å². The molecule has 14 heteroatoms. The fraction of sp³-hybridized carbons (Fsp3) is 0.750. The number of likely N-dealkylation sites (N-methyl/N-ethyl adjacent to an activating group) is 3. The van der Waals surface area contributed by atoms with Crippen LogP contribution in [0.25, 0.3) is 0 Å². The molecular formula is C40H68F2N6O6. The number of rotatable bonds is 21. The van der Waals surface area contributed by atoms with Gasteiger partial charge >= 0.3 is 0 Å². The second-order valence-corrected chi connectivity index (χ2v) is 15.8. The van der Waals surface area contributed by atoms with Crippen LogP contribution in [0.1, 0.15) is 73.3 Å². The molecule has 1 aromatic carbocycles. The number of amides is 4. The van der Waals surface area contributed by atoms with E-state index < -0.39 is 53.9 Å². The molecule has 1 aromatic rings. The largest absolute Gasteiger partial charge is 0.379 e. The Morgan fingerprint density at radius 3 is 2.04 bits per heavy atom. The van der Waals surface area contributed by atoms with Gasteiger partial charge < -0.3 is 35.2 Å². The molecule has 0 spiro atoms. The van der Waals surface area contributed by atoms with Gasteiger partial charge in [0.1, 0.15) is 17.7 Å². The first-order valence-corrected chi connectivity index (χ1v) is 19.3. The van der Waals surface area contributed by atoms with Crippen molar-refractivity contribution in [3.8, 4) is 0 Å². The molecule has 1 aliphatic heterocycles. The zero-order valence-electron chi connectivity index (χ0n) is 34.9. The lowest BCUT2D eigenvalue weighted by Gasteiger charge is -2.41. The van der Waals surface area contributed by atoms with Crippen LogP contribution in [0.5, 0.6) is 0 Å². The molecule has 54 heavy (non-hydrogen) atoms. The van der Waals surface area contributed by atoms with Crippen LogP contribution in [-0.4, -0.2) is 136 Å². The van der Waals surface area contributed by atoms with E-state index in [2.05, 4.69) is 16.0 Å². The molecule has 3 N–H and O–H groups in total. The van der Waals surface area contributed by atoms with Crippen molar-refractivity contribution in [2.75, 3.05) is 55.5 Å². The highest BCUT2D eigenvalue weighted by Gasteiger charge is 2.45. The highest BCUT2D eigenvalue weighted by molar-refractivity contribution is 5.90. The SMILES string of the molecule is CCC(C)[C@@H]([C@@H](CC(=O)N1C[C@@H](NC)C[C@H]1[C@H](OC)[C@@H](C)C(=O)NCCc1c(F)cccc1F)OC)N(C)C(=O)C(NC(=O)[C@H](C(C)C)N(C)C)C(C)C. The van der Waals surface area contributed by atoms with Crippen molar-refractivity contribution < 1.29 is 37.4 Å². The van der Waals surface area contributed by atoms with E-state index in [0.717, 1.165) is 0 Å². The Labute approximate surface area is 322 Å². The summed E-state index contributed by atoms with van der Waals surface area (Å²) in [6.07, 6.45) is -0.165. The highest BCUT2D eigenvalue weighted by atomic mass is 19.1. The van der Waals surface area contributed by atoms with Crippen molar-refractivity contribution in [1.82, 2.24) is 30.7 Å². The second-order valence-electron chi connectivity index (χ2n) is 15.8. The lowest BCUT2D eigenvalue weighted by atomic mass is 9.89. The molecule has 4 amide bonds. The molecule has 1 fully saturated rings. The van der Waals surface area contributed by atoms with Crippen LogP contribution in [0.15, 0.2) is 18.2 Å². The summed E-state index contributed by atoms with van der Waals surface area (Å²) in [5, 5.41) is 9.06. The number of halogens is 2. The zero-order valence-corrected chi connectivity index (χ0v) is 34.9. The smallest absolute Gasteiger partial charge is 0.245 e. The first kappa shape index (κ1) is 47.0. The molecule has 1 aliphatic rings. The summed E-state index contributed by atoms with van der Waals surface area (Å²) in [7, 11) is 10.2. The number of carbonyl (C=O) groups excluding carboxylic acids is 4. The molecular weight excluding hydrogens is 698 g/mol. The van der Waals surface area contributed by atoms with Gasteiger partial charge in [-0.05, 0) is 63.9 Å². The summed E-state index contributed by atoms with van der Waals surface area (Å²) in [6.45, 7) is 13.9. The minimum absolute atomic E-state index is 0.0178. The first-order chi connectivity index (χ1) is 25.4. The van der Waals surface area contributed by atoms with Crippen molar-refractivity contribution in [3.05, 3.63) is 35.4 Å². The maximum absolute atomic E-state index is 14.3. The van der Waals surface area contributed by atoms with Crippen molar-refractivity contribution in [1.29, 1.82) is 0 Å². The van der Waals surface area contributed by atoms with Crippen LogP contribution >= 0.6 is 0 Å². The molecule has 2 unspecified atom stereocenters. The first-order valence-electron chi connectivity index (χ1n) is 19.3. The summed E-state index contributed by atoms with van der Waals surface area (Å²) in [6, 6.07) is 1.44. The van der Waals surface area contributed by atoms with E-state index in [-0.39, 0.29) is 72.4 Å². The summed E-state index contributed by atoms with van der Waals surface area (Å²) >= 11 is 0. The molecule has 2 rings (SSSR count). The van der Waals surface area contributed by atoms with E-state index in [4.69, 9.17) is 9.47 Å². The van der Waals surface area contributed by atoms with E-state index in [1.54, 1.807) is 23.8 Å². The topological polar surface area (TPSA) is 133 Å². The number of ether oxygens (including phenoxy) is 2. The molecule has 12 nitrogen and oxygen atoms in total. The Bertz CT molecular complexity index is 1350. The van der Waals surface area contributed by atoms with Gasteiger partial charge in [0.2, 0.25) is 23.6 Å². The Hall–Kier alpha value is -3.20. The minimum atomic E-state index is -0.788. The molecule has 0 radical (unpaired) electrons. The number of likely N-dealkylation sites (tertiary alicyclic amines) is 1. The number of carbonyl (C=O) groups is 4. The quantitative estimate of drug-likeness (QED) is 0.174. The highest BCUT2D eigenvalue weighted by Crippen LogP contribution is 2.30. The number of methoxy groups -OCH3 is 2. The normalized spacial score (nSPS) is 20.0. The van der Waals surface area contributed by atoms with Crippen LogP contribution < -0.4 is 16.0 Å². The summed E-state index contributed by atoms with van der Waals surface area (Å²) in [5.41, 5.74) is -0.0949. The lowest BCUT2D eigenvalue weighted by molar-refractivity contribution is -0.148. The summed E-state index contributed by atoms with van der Waals surface area (Å²) in [5.74, 6) is -3.31. The number of hydrogen-bond acceptors (Lipinski definition) is 8. The Kier molecular flexibility index (Phi) is 18.9. The van der Waals surface area contributed by atoms with Crippen molar-refractivity contribution in [2.24, 2.45) is 23.7 Å². The van der Waals surface area contributed by atoms with Crippen molar-refractivity contribution >= 4 is 23.6 Å². The van der Waals surface area contributed by atoms with Crippen LogP contribution in [0, 0.1) is 35.3 Å².